The molecule has 2 heterocycles. The molecule has 1 aliphatic rings. The van der Waals surface area contributed by atoms with Gasteiger partial charge in [-0.15, -0.1) is 0 Å². The van der Waals surface area contributed by atoms with Gasteiger partial charge in [0, 0.05) is 24.1 Å². The number of amides is 1. The third-order valence-corrected chi connectivity index (χ3v) is 5.51. The van der Waals surface area contributed by atoms with E-state index in [0.29, 0.717) is 16.6 Å². The van der Waals surface area contributed by atoms with Gasteiger partial charge in [0.25, 0.3) is 5.91 Å². The van der Waals surface area contributed by atoms with Crippen LogP contribution >= 0.6 is 11.8 Å². The van der Waals surface area contributed by atoms with Gasteiger partial charge in [-0.1, -0.05) is 25.1 Å². The van der Waals surface area contributed by atoms with Crippen molar-refractivity contribution < 1.29 is 9.90 Å². The van der Waals surface area contributed by atoms with Crippen molar-refractivity contribution in [3.63, 3.8) is 0 Å². The highest BCUT2D eigenvalue weighted by molar-refractivity contribution is 8.18. The Morgan fingerprint density at radius 3 is 2.52 bits per heavy atom. The van der Waals surface area contributed by atoms with Crippen LogP contribution in [0.15, 0.2) is 82.8 Å². The zero-order chi connectivity index (χ0) is 20.2. The second-order valence-electron chi connectivity index (χ2n) is 6.62. The van der Waals surface area contributed by atoms with Crippen LogP contribution in [0.3, 0.4) is 0 Å². The summed E-state index contributed by atoms with van der Waals surface area (Å²) in [5, 5.41) is 10.2. The Morgan fingerprint density at radius 1 is 1.03 bits per heavy atom. The molecule has 1 fully saturated rings. The van der Waals surface area contributed by atoms with E-state index in [0.717, 1.165) is 23.5 Å². The van der Waals surface area contributed by atoms with Crippen molar-refractivity contribution in [3.05, 3.63) is 83.5 Å². The highest BCUT2D eigenvalue weighted by Gasteiger charge is 2.33. The third-order valence-electron chi connectivity index (χ3n) is 4.50. The minimum atomic E-state index is -0.0232. The predicted molar refractivity (Wildman–Crippen MR) is 119 cm³/mol. The first-order chi connectivity index (χ1) is 14.2. The van der Waals surface area contributed by atoms with E-state index in [-0.39, 0.29) is 11.7 Å². The number of nitrogens with zero attached hydrogens (tertiary/aromatic N) is 3. The number of thioether (sulfide) groups is 1. The Balaban J connectivity index is 1.68. The van der Waals surface area contributed by atoms with Crippen molar-refractivity contribution in [1.29, 1.82) is 0 Å². The first-order valence-electron chi connectivity index (χ1n) is 9.47. The molecule has 3 aromatic rings. The standard InChI is InChI=1S/C23H21N3O2S/c1-2-14-26-22(28)21(29-23(26)24-17-7-4-3-5-8-17)16-19-9-6-15-25(19)18-10-12-20(27)13-11-18/h3-13,15-16,27H,2,14H2,1H3/b21-16-,24-23?. The van der Waals surface area contributed by atoms with Crippen LogP contribution in [0.25, 0.3) is 11.8 Å². The molecular weight excluding hydrogens is 382 g/mol. The number of phenolic OH excluding ortho intramolecular Hbond substituents is 1. The van der Waals surface area contributed by atoms with Crippen molar-refractivity contribution >= 4 is 34.6 Å². The number of amidine groups is 1. The van der Waals surface area contributed by atoms with Gasteiger partial charge in [0.15, 0.2) is 5.17 Å². The molecule has 0 bridgehead atoms. The number of aromatic hydroxyl groups is 1. The molecule has 0 saturated carbocycles. The molecule has 0 unspecified atom stereocenters. The van der Waals surface area contributed by atoms with E-state index in [2.05, 4.69) is 11.9 Å². The molecule has 6 heteroatoms. The summed E-state index contributed by atoms with van der Waals surface area (Å²) in [6, 6.07) is 20.6. The number of hydrogen-bond donors (Lipinski definition) is 1. The maximum Gasteiger partial charge on any atom is 0.266 e. The molecule has 2 aromatic carbocycles. The fraction of sp³-hybridized carbons (Fsp3) is 0.130. The second kappa shape index (κ2) is 8.41. The molecule has 5 nitrogen and oxygen atoms in total. The molecule has 1 N–H and O–H groups in total. The monoisotopic (exact) mass is 403 g/mol. The average Bonchev–Trinajstić information content (AvgIpc) is 3.30. The first kappa shape index (κ1) is 19.1. The fourth-order valence-corrected chi connectivity index (χ4v) is 4.13. The summed E-state index contributed by atoms with van der Waals surface area (Å²) < 4.78 is 1.98. The summed E-state index contributed by atoms with van der Waals surface area (Å²) in [7, 11) is 0. The number of benzene rings is 2. The fourth-order valence-electron chi connectivity index (χ4n) is 3.12. The van der Waals surface area contributed by atoms with Crippen molar-refractivity contribution in [1.82, 2.24) is 9.47 Å². The van der Waals surface area contributed by atoms with Gasteiger partial charge in [-0.25, -0.2) is 4.99 Å². The molecular formula is C23H21N3O2S. The molecule has 0 radical (unpaired) electrons. The Bertz CT molecular complexity index is 1070. The number of aromatic nitrogens is 1. The van der Waals surface area contributed by atoms with Gasteiger partial charge >= 0.3 is 0 Å². The van der Waals surface area contributed by atoms with Crippen LogP contribution in [-0.4, -0.2) is 32.2 Å². The van der Waals surface area contributed by atoms with Gasteiger partial charge in [-0.3, -0.25) is 9.69 Å². The summed E-state index contributed by atoms with van der Waals surface area (Å²) in [5.74, 6) is 0.198. The molecule has 1 aromatic heterocycles. The van der Waals surface area contributed by atoms with E-state index in [1.165, 1.54) is 11.8 Å². The minimum absolute atomic E-state index is 0.0232. The summed E-state index contributed by atoms with van der Waals surface area (Å²) in [6.07, 6.45) is 4.69. The number of carbonyl (C=O) groups is 1. The normalized spacial score (nSPS) is 16.9. The second-order valence-corrected chi connectivity index (χ2v) is 7.63. The Kier molecular flexibility index (Phi) is 5.53. The van der Waals surface area contributed by atoms with E-state index in [9.17, 15) is 9.90 Å². The molecule has 0 aliphatic carbocycles. The SMILES string of the molecule is CCCN1C(=O)/C(=C/c2cccn2-c2ccc(O)cc2)SC1=Nc1ccccc1. The third kappa shape index (κ3) is 4.12. The van der Waals surface area contributed by atoms with E-state index in [4.69, 9.17) is 0 Å². The van der Waals surface area contributed by atoms with Gasteiger partial charge in [0.2, 0.25) is 0 Å². The van der Waals surface area contributed by atoms with E-state index < -0.39 is 0 Å². The highest BCUT2D eigenvalue weighted by Crippen LogP contribution is 2.34. The van der Waals surface area contributed by atoms with E-state index in [1.807, 2.05) is 71.4 Å². The minimum Gasteiger partial charge on any atom is -0.508 e. The van der Waals surface area contributed by atoms with Crippen LogP contribution in [0, 0.1) is 0 Å². The maximum atomic E-state index is 13.0. The Hall–Kier alpha value is -3.25. The van der Waals surface area contributed by atoms with Gasteiger partial charge in [-0.05, 0) is 72.8 Å². The lowest BCUT2D eigenvalue weighted by Gasteiger charge is -2.13. The predicted octanol–water partition coefficient (Wildman–Crippen LogP) is 5.20. The number of phenols is 1. The van der Waals surface area contributed by atoms with Gasteiger partial charge in [0.1, 0.15) is 5.75 Å². The summed E-state index contributed by atoms with van der Waals surface area (Å²) in [6.45, 7) is 2.68. The number of para-hydroxylation sites is 1. The Labute approximate surface area is 174 Å². The molecule has 29 heavy (non-hydrogen) atoms. The van der Waals surface area contributed by atoms with Crippen molar-refractivity contribution in [2.75, 3.05) is 6.54 Å². The van der Waals surface area contributed by atoms with Crippen LogP contribution in [0.5, 0.6) is 5.75 Å². The highest BCUT2D eigenvalue weighted by atomic mass is 32.2. The Morgan fingerprint density at radius 2 is 1.79 bits per heavy atom. The van der Waals surface area contributed by atoms with Gasteiger partial charge in [-0.2, -0.15) is 0 Å². The van der Waals surface area contributed by atoms with E-state index in [1.54, 1.807) is 17.0 Å². The lowest BCUT2D eigenvalue weighted by atomic mass is 10.3. The zero-order valence-corrected chi connectivity index (χ0v) is 16.8. The number of rotatable bonds is 5. The molecule has 0 atom stereocenters. The lowest BCUT2D eigenvalue weighted by Crippen LogP contribution is -2.29. The van der Waals surface area contributed by atoms with Crippen LogP contribution in [0.1, 0.15) is 19.0 Å². The molecule has 0 spiro atoms. The largest absolute Gasteiger partial charge is 0.508 e. The number of hydrogen-bond acceptors (Lipinski definition) is 4. The lowest BCUT2D eigenvalue weighted by molar-refractivity contribution is -0.122. The first-order valence-corrected chi connectivity index (χ1v) is 10.3. The van der Waals surface area contributed by atoms with Gasteiger partial charge in [0.05, 0.1) is 10.6 Å². The van der Waals surface area contributed by atoms with Crippen LogP contribution in [-0.2, 0) is 4.79 Å². The zero-order valence-electron chi connectivity index (χ0n) is 16.0. The smallest absolute Gasteiger partial charge is 0.266 e. The molecule has 1 amide bonds. The summed E-state index contributed by atoms with van der Waals surface area (Å²) in [5.41, 5.74) is 2.64. The van der Waals surface area contributed by atoms with Crippen LogP contribution in [0.4, 0.5) is 5.69 Å². The summed E-state index contributed by atoms with van der Waals surface area (Å²) >= 11 is 1.40. The van der Waals surface area contributed by atoms with Gasteiger partial charge < -0.3 is 9.67 Å². The number of aliphatic imine (C=N–C) groups is 1. The molecule has 146 valence electrons. The van der Waals surface area contributed by atoms with E-state index >= 15 is 0 Å². The van der Waals surface area contributed by atoms with Crippen molar-refractivity contribution in [2.24, 2.45) is 4.99 Å². The summed E-state index contributed by atoms with van der Waals surface area (Å²) in [4.78, 5) is 20.1. The topological polar surface area (TPSA) is 57.8 Å². The maximum absolute atomic E-state index is 13.0. The molecule has 4 rings (SSSR count). The van der Waals surface area contributed by atoms with Crippen molar-refractivity contribution in [2.45, 2.75) is 13.3 Å². The quantitative estimate of drug-likeness (QED) is 0.596. The molecule has 1 saturated heterocycles. The molecule has 1 aliphatic heterocycles. The van der Waals surface area contributed by atoms with Crippen molar-refractivity contribution in [3.8, 4) is 11.4 Å². The average molecular weight is 404 g/mol. The van der Waals surface area contributed by atoms with Crippen LogP contribution in [0.2, 0.25) is 0 Å². The number of carbonyl (C=O) groups excluding carboxylic acids is 1. The van der Waals surface area contributed by atoms with Crippen LogP contribution < -0.4 is 0 Å².